The van der Waals surface area contributed by atoms with Gasteiger partial charge in [0.1, 0.15) is 0 Å². The monoisotopic (exact) mass is 173 g/mol. The van der Waals surface area contributed by atoms with Crippen LogP contribution in [0.25, 0.3) is 0 Å². The first-order chi connectivity index (χ1) is 6.33. The predicted octanol–water partition coefficient (Wildman–Crippen LogP) is 1.67. The lowest BCUT2D eigenvalue weighted by atomic mass is 10.0. The predicted molar refractivity (Wildman–Crippen MR) is 50.8 cm³/mol. The van der Waals surface area contributed by atoms with Gasteiger partial charge in [0.25, 0.3) is 0 Å². The second-order valence-electron chi connectivity index (χ2n) is 3.86. The molecule has 1 aromatic rings. The lowest BCUT2D eigenvalue weighted by Gasteiger charge is -2.03. The number of amides is 1. The van der Waals surface area contributed by atoms with Gasteiger partial charge in [-0.2, -0.15) is 0 Å². The van der Waals surface area contributed by atoms with Crippen molar-refractivity contribution in [1.82, 2.24) is 0 Å². The van der Waals surface area contributed by atoms with Gasteiger partial charge in [-0.25, -0.2) is 0 Å². The molecule has 1 amide bonds. The Kier molecular flexibility index (Phi) is 1.29. The Morgan fingerprint density at radius 3 is 2.69 bits per heavy atom. The van der Waals surface area contributed by atoms with E-state index in [1.54, 1.807) is 0 Å². The van der Waals surface area contributed by atoms with Gasteiger partial charge >= 0.3 is 0 Å². The summed E-state index contributed by atoms with van der Waals surface area (Å²) in [5, 5.41) is 2.89. The number of fused-ring (bicyclic) bond motifs is 2. The van der Waals surface area contributed by atoms with Crippen LogP contribution in [0.15, 0.2) is 12.1 Å². The summed E-state index contributed by atoms with van der Waals surface area (Å²) < 4.78 is 0. The average Bonchev–Trinajstić information content (AvgIpc) is 2.63. The van der Waals surface area contributed by atoms with Crippen molar-refractivity contribution >= 4 is 11.6 Å². The van der Waals surface area contributed by atoms with Crippen LogP contribution < -0.4 is 5.32 Å². The summed E-state index contributed by atoms with van der Waals surface area (Å²) in [7, 11) is 0. The van der Waals surface area contributed by atoms with Crippen LogP contribution in [-0.4, -0.2) is 5.91 Å². The van der Waals surface area contributed by atoms with E-state index < -0.39 is 0 Å². The quantitative estimate of drug-likeness (QED) is 0.635. The molecule has 0 saturated heterocycles. The van der Waals surface area contributed by atoms with Crippen molar-refractivity contribution in [3.8, 4) is 0 Å². The number of anilines is 1. The van der Waals surface area contributed by atoms with Gasteiger partial charge in [-0.05, 0) is 42.0 Å². The first kappa shape index (κ1) is 7.13. The molecule has 1 aliphatic heterocycles. The average molecular weight is 173 g/mol. The minimum absolute atomic E-state index is 0.138. The number of hydrogen-bond acceptors (Lipinski definition) is 1. The van der Waals surface area contributed by atoms with Crippen LogP contribution in [0.4, 0.5) is 5.69 Å². The van der Waals surface area contributed by atoms with E-state index in [1.165, 1.54) is 36.0 Å². The van der Waals surface area contributed by atoms with Crippen LogP contribution >= 0.6 is 0 Å². The fraction of sp³-hybridized carbons (Fsp3) is 0.364. The highest BCUT2D eigenvalue weighted by molar-refractivity contribution is 5.99. The molecule has 0 fully saturated rings. The molecule has 13 heavy (non-hydrogen) atoms. The molecule has 2 heteroatoms. The molecule has 0 radical (unpaired) electrons. The molecule has 1 aliphatic carbocycles. The highest BCUT2D eigenvalue weighted by Gasteiger charge is 2.21. The molecule has 0 saturated carbocycles. The fourth-order valence-corrected chi connectivity index (χ4v) is 2.31. The highest BCUT2D eigenvalue weighted by atomic mass is 16.1. The second kappa shape index (κ2) is 2.34. The summed E-state index contributed by atoms with van der Waals surface area (Å²) in [6.45, 7) is 0. The molecule has 3 rings (SSSR count). The van der Waals surface area contributed by atoms with Gasteiger partial charge in [0.15, 0.2) is 0 Å². The van der Waals surface area contributed by atoms with E-state index in [0.717, 1.165) is 5.69 Å². The number of rotatable bonds is 0. The number of nitrogens with one attached hydrogen (secondary N) is 1. The SMILES string of the molecule is O=C1Cc2cc3c(cc2N1)CCC3. The van der Waals surface area contributed by atoms with E-state index in [2.05, 4.69) is 17.4 Å². The maximum Gasteiger partial charge on any atom is 0.228 e. The molecule has 66 valence electrons. The molecule has 2 nitrogen and oxygen atoms in total. The van der Waals surface area contributed by atoms with Crippen LogP contribution in [0.1, 0.15) is 23.1 Å². The van der Waals surface area contributed by atoms with Crippen LogP contribution in [0, 0.1) is 0 Å². The molecule has 2 aliphatic rings. The Labute approximate surface area is 77.0 Å². The molecular weight excluding hydrogens is 162 g/mol. The summed E-state index contributed by atoms with van der Waals surface area (Å²) in [6.07, 6.45) is 4.21. The summed E-state index contributed by atoms with van der Waals surface area (Å²) in [5.41, 5.74) is 5.12. The van der Waals surface area contributed by atoms with Crippen LogP contribution in [-0.2, 0) is 24.1 Å². The Morgan fingerprint density at radius 2 is 1.85 bits per heavy atom. The third-order valence-corrected chi connectivity index (χ3v) is 2.94. The number of carbonyl (C=O) groups excluding carboxylic acids is 1. The maximum absolute atomic E-state index is 11.1. The van der Waals surface area contributed by atoms with Gasteiger partial charge in [-0.1, -0.05) is 6.07 Å². The molecule has 0 spiro atoms. The first-order valence-electron chi connectivity index (χ1n) is 4.77. The van der Waals surface area contributed by atoms with Crippen LogP contribution in [0.5, 0.6) is 0 Å². The first-order valence-corrected chi connectivity index (χ1v) is 4.77. The van der Waals surface area contributed by atoms with Crippen LogP contribution in [0.3, 0.4) is 0 Å². The van der Waals surface area contributed by atoms with Crippen molar-refractivity contribution < 1.29 is 4.79 Å². The third kappa shape index (κ3) is 0.981. The highest BCUT2D eigenvalue weighted by Crippen LogP contribution is 2.31. The Bertz CT molecular complexity index is 360. The van der Waals surface area contributed by atoms with Gasteiger partial charge in [0.05, 0.1) is 6.42 Å². The smallest absolute Gasteiger partial charge is 0.228 e. The van der Waals surface area contributed by atoms with E-state index in [4.69, 9.17) is 0 Å². The van der Waals surface area contributed by atoms with Crippen molar-refractivity contribution in [1.29, 1.82) is 0 Å². The normalized spacial score (nSPS) is 18.3. The molecule has 0 aromatic heterocycles. The topological polar surface area (TPSA) is 29.1 Å². The zero-order chi connectivity index (χ0) is 8.84. The Balaban J connectivity index is 2.15. The number of carbonyl (C=O) groups is 1. The van der Waals surface area contributed by atoms with Crippen LogP contribution in [0.2, 0.25) is 0 Å². The lowest BCUT2D eigenvalue weighted by Crippen LogP contribution is -2.03. The van der Waals surface area contributed by atoms with E-state index >= 15 is 0 Å². The third-order valence-electron chi connectivity index (χ3n) is 2.94. The molecule has 0 unspecified atom stereocenters. The fourth-order valence-electron chi connectivity index (χ4n) is 2.31. The largest absolute Gasteiger partial charge is 0.326 e. The van der Waals surface area contributed by atoms with E-state index in [0.29, 0.717) is 6.42 Å². The van der Waals surface area contributed by atoms with Gasteiger partial charge in [-0.15, -0.1) is 0 Å². The van der Waals surface area contributed by atoms with E-state index in [1.807, 2.05) is 0 Å². The van der Waals surface area contributed by atoms with Gasteiger partial charge < -0.3 is 5.32 Å². The van der Waals surface area contributed by atoms with Gasteiger partial charge in [0, 0.05) is 5.69 Å². The second-order valence-corrected chi connectivity index (χ2v) is 3.86. The van der Waals surface area contributed by atoms with Crippen molar-refractivity contribution in [2.75, 3.05) is 5.32 Å². The van der Waals surface area contributed by atoms with Gasteiger partial charge in [-0.3, -0.25) is 4.79 Å². The molecular formula is C11H11NO. The minimum Gasteiger partial charge on any atom is -0.326 e. The van der Waals surface area contributed by atoms with Crippen molar-refractivity contribution in [2.24, 2.45) is 0 Å². The Morgan fingerprint density at radius 1 is 1.08 bits per heavy atom. The van der Waals surface area contributed by atoms with Gasteiger partial charge in [0.2, 0.25) is 5.91 Å². The summed E-state index contributed by atoms with van der Waals surface area (Å²) in [4.78, 5) is 11.1. The summed E-state index contributed by atoms with van der Waals surface area (Å²) >= 11 is 0. The van der Waals surface area contributed by atoms with Crippen molar-refractivity contribution in [2.45, 2.75) is 25.7 Å². The number of benzene rings is 1. The molecule has 1 N–H and O–H groups in total. The molecule has 1 aromatic carbocycles. The summed E-state index contributed by atoms with van der Waals surface area (Å²) in [5.74, 6) is 0.138. The van der Waals surface area contributed by atoms with Crippen molar-refractivity contribution in [3.05, 3.63) is 28.8 Å². The minimum atomic E-state index is 0.138. The lowest BCUT2D eigenvalue weighted by molar-refractivity contribution is -0.115. The standard InChI is InChI=1S/C11H11NO/c13-11-6-9-4-7-2-1-3-8(7)5-10(9)12-11/h4-5H,1-3,6H2,(H,12,13). The van der Waals surface area contributed by atoms with E-state index in [-0.39, 0.29) is 5.91 Å². The molecule has 0 atom stereocenters. The summed E-state index contributed by atoms with van der Waals surface area (Å²) in [6, 6.07) is 4.36. The Hall–Kier alpha value is -1.31. The number of hydrogen-bond donors (Lipinski definition) is 1. The number of aryl methyl sites for hydroxylation is 2. The molecule has 0 bridgehead atoms. The maximum atomic E-state index is 11.1. The zero-order valence-corrected chi connectivity index (χ0v) is 7.39. The van der Waals surface area contributed by atoms with Crippen molar-refractivity contribution in [3.63, 3.8) is 0 Å². The molecule has 1 heterocycles. The van der Waals surface area contributed by atoms with E-state index in [9.17, 15) is 4.79 Å². The zero-order valence-electron chi connectivity index (χ0n) is 7.39.